The van der Waals surface area contributed by atoms with Crippen molar-refractivity contribution >= 4 is 40.6 Å². The number of carbonyl (C=O) groups is 2. The van der Waals surface area contributed by atoms with E-state index in [0.29, 0.717) is 27.8 Å². The van der Waals surface area contributed by atoms with E-state index in [1.54, 1.807) is 43.3 Å². The van der Waals surface area contributed by atoms with E-state index in [4.69, 9.17) is 17.3 Å². The van der Waals surface area contributed by atoms with Gasteiger partial charge in [0.25, 0.3) is 5.91 Å². The maximum atomic E-state index is 11.9. The number of nitrogens with zero attached hydrogens (tertiary/aromatic N) is 2. The summed E-state index contributed by atoms with van der Waals surface area (Å²) in [5, 5.41) is 6.99. The molecule has 0 aliphatic heterocycles. The minimum atomic E-state index is -0.380. The summed E-state index contributed by atoms with van der Waals surface area (Å²) in [6, 6.07) is 9.65. The molecule has 0 spiro atoms. The summed E-state index contributed by atoms with van der Waals surface area (Å²) in [6.07, 6.45) is 1.46. The van der Waals surface area contributed by atoms with Crippen molar-refractivity contribution in [2.24, 2.45) is 5.10 Å². The SMILES string of the molecule is C/C(CC(=O)Nc1ccc(Cl)cn1)=N\NC(=O)c1ccc(N)cc1. The first-order valence-electron chi connectivity index (χ1n) is 7.04. The first-order valence-corrected chi connectivity index (χ1v) is 7.42. The number of rotatable bonds is 5. The summed E-state index contributed by atoms with van der Waals surface area (Å²) < 4.78 is 0. The van der Waals surface area contributed by atoms with E-state index < -0.39 is 0 Å². The molecule has 2 rings (SSSR count). The van der Waals surface area contributed by atoms with Crippen molar-refractivity contribution in [1.82, 2.24) is 10.4 Å². The lowest BCUT2D eigenvalue weighted by Crippen LogP contribution is -2.21. The fourth-order valence-electron chi connectivity index (χ4n) is 1.75. The standard InChI is InChI=1S/C16H16ClN5O2/c1-10(8-15(23)20-14-7-4-12(17)9-19-14)21-22-16(24)11-2-5-13(18)6-3-11/h2-7,9H,8,18H2,1H3,(H,22,24)(H,19,20,23)/b21-10+. The Hall–Kier alpha value is -2.93. The highest BCUT2D eigenvalue weighted by atomic mass is 35.5. The molecule has 4 N–H and O–H groups in total. The van der Waals surface area contributed by atoms with Crippen LogP contribution in [0.2, 0.25) is 5.02 Å². The molecule has 0 unspecified atom stereocenters. The van der Waals surface area contributed by atoms with Crippen LogP contribution in [0.3, 0.4) is 0 Å². The third-order valence-electron chi connectivity index (χ3n) is 2.93. The molecule has 8 heteroatoms. The molecule has 0 saturated carbocycles. The molecule has 0 saturated heterocycles. The summed E-state index contributed by atoms with van der Waals surface area (Å²) >= 11 is 5.72. The zero-order valence-electron chi connectivity index (χ0n) is 12.9. The highest BCUT2D eigenvalue weighted by molar-refractivity contribution is 6.30. The predicted octanol–water partition coefficient (Wildman–Crippen LogP) is 2.45. The Morgan fingerprint density at radius 3 is 2.54 bits per heavy atom. The number of nitrogens with one attached hydrogen (secondary N) is 2. The Morgan fingerprint density at radius 1 is 1.21 bits per heavy atom. The van der Waals surface area contributed by atoms with E-state index in [0.717, 1.165) is 0 Å². The van der Waals surface area contributed by atoms with Crippen molar-refractivity contribution < 1.29 is 9.59 Å². The zero-order valence-corrected chi connectivity index (χ0v) is 13.7. The Labute approximate surface area is 143 Å². The van der Waals surface area contributed by atoms with Crippen LogP contribution < -0.4 is 16.5 Å². The average Bonchev–Trinajstić information content (AvgIpc) is 2.55. The van der Waals surface area contributed by atoms with Gasteiger partial charge in [0.05, 0.1) is 11.4 Å². The second kappa shape index (κ2) is 8.07. The van der Waals surface area contributed by atoms with Crippen molar-refractivity contribution in [2.45, 2.75) is 13.3 Å². The van der Waals surface area contributed by atoms with E-state index in [1.165, 1.54) is 6.20 Å². The lowest BCUT2D eigenvalue weighted by Gasteiger charge is -2.05. The molecule has 1 aromatic heterocycles. The fourth-order valence-corrected chi connectivity index (χ4v) is 1.87. The van der Waals surface area contributed by atoms with Gasteiger partial charge in [0.2, 0.25) is 5.91 Å². The monoisotopic (exact) mass is 345 g/mol. The third kappa shape index (κ3) is 5.36. The molecule has 24 heavy (non-hydrogen) atoms. The van der Waals surface area contributed by atoms with Gasteiger partial charge in [0.15, 0.2) is 0 Å². The molecule has 2 aromatic rings. The number of halogens is 1. The van der Waals surface area contributed by atoms with Gasteiger partial charge in [-0.2, -0.15) is 5.10 Å². The Kier molecular flexibility index (Phi) is 5.86. The van der Waals surface area contributed by atoms with Gasteiger partial charge in [0.1, 0.15) is 5.82 Å². The second-order valence-electron chi connectivity index (χ2n) is 5.00. The largest absolute Gasteiger partial charge is 0.399 e. The molecule has 1 heterocycles. The number of amides is 2. The Balaban J connectivity index is 1.86. The van der Waals surface area contributed by atoms with E-state index in [-0.39, 0.29) is 18.2 Å². The van der Waals surface area contributed by atoms with Crippen LogP contribution in [0.5, 0.6) is 0 Å². The average molecular weight is 346 g/mol. The van der Waals surface area contributed by atoms with Crippen molar-refractivity contribution in [3.05, 3.63) is 53.2 Å². The number of pyridine rings is 1. The van der Waals surface area contributed by atoms with Crippen LogP contribution in [0.4, 0.5) is 11.5 Å². The van der Waals surface area contributed by atoms with Gasteiger partial charge in [-0.15, -0.1) is 0 Å². The van der Waals surface area contributed by atoms with Crippen LogP contribution in [0, 0.1) is 0 Å². The molecule has 7 nitrogen and oxygen atoms in total. The van der Waals surface area contributed by atoms with Gasteiger partial charge in [-0.1, -0.05) is 11.6 Å². The van der Waals surface area contributed by atoms with E-state index in [9.17, 15) is 9.59 Å². The molecule has 0 fully saturated rings. The van der Waals surface area contributed by atoms with Crippen molar-refractivity contribution in [1.29, 1.82) is 0 Å². The number of hydrazone groups is 1. The number of nitrogens with two attached hydrogens (primary N) is 1. The highest BCUT2D eigenvalue weighted by Crippen LogP contribution is 2.09. The highest BCUT2D eigenvalue weighted by Gasteiger charge is 2.07. The topological polar surface area (TPSA) is 109 Å². The number of nitrogen functional groups attached to an aromatic ring is 1. The summed E-state index contributed by atoms with van der Waals surface area (Å²) in [6.45, 7) is 1.64. The normalized spacial score (nSPS) is 11.0. The van der Waals surface area contributed by atoms with Gasteiger partial charge in [-0.3, -0.25) is 9.59 Å². The lowest BCUT2D eigenvalue weighted by molar-refractivity contribution is -0.115. The number of benzene rings is 1. The van der Waals surface area contributed by atoms with Gasteiger partial charge >= 0.3 is 0 Å². The van der Waals surface area contributed by atoms with Crippen LogP contribution in [0.1, 0.15) is 23.7 Å². The fraction of sp³-hybridized carbons (Fsp3) is 0.125. The molecule has 124 valence electrons. The van der Waals surface area contributed by atoms with Crippen LogP contribution in [-0.2, 0) is 4.79 Å². The number of aromatic nitrogens is 1. The van der Waals surface area contributed by atoms with Gasteiger partial charge in [0, 0.05) is 23.2 Å². The summed E-state index contributed by atoms with van der Waals surface area (Å²) in [5.41, 5.74) is 9.39. The first kappa shape index (κ1) is 17.4. The zero-order chi connectivity index (χ0) is 17.5. The molecule has 2 amide bonds. The van der Waals surface area contributed by atoms with Gasteiger partial charge in [-0.25, -0.2) is 10.4 Å². The van der Waals surface area contributed by atoms with E-state index in [1.807, 2.05) is 0 Å². The summed E-state index contributed by atoms with van der Waals surface area (Å²) in [7, 11) is 0. The number of carbonyl (C=O) groups excluding carboxylic acids is 2. The van der Waals surface area contributed by atoms with Crippen LogP contribution in [0.25, 0.3) is 0 Å². The van der Waals surface area contributed by atoms with Gasteiger partial charge < -0.3 is 11.1 Å². The van der Waals surface area contributed by atoms with Crippen molar-refractivity contribution in [2.75, 3.05) is 11.1 Å². The van der Waals surface area contributed by atoms with E-state index >= 15 is 0 Å². The minimum absolute atomic E-state index is 0.0202. The number of anilines is 2. The predicted molar refractivity (Wildman–Crippen MR) is 93.9 cm³/mol. The Morgan fingerprint density at radius 2 is 1.92 bits per heavy atom. The number of hydrogen-bond donors (Lipinski definition) is 3. The molecular formula is C16H16ClN5O2. The molecular weight excluding hydrogens is 330 g/mol. The lowest BCUT2D eigenvalue weighted by atomic mass is 10.2. The Bertz CT molecular complexity index is 757. The second-order valence-corrected chi connectivity index (χ2v) is 5.43. The first-order chi connectivity index (χ1) is 11.4. The molecule has 0 radical (unpaired) electrons. The van der Waals surface area contributed by atoms with Crippen LogP contribution in [0.15, 0.2) is 47.7 Å². The molecule has 0 aliphatic carbocycles. The van der Waals surface area contributed by atoms with Gasteiger partial charge in [-0.05, 0) is 43.3 Å². The smallest absolute Gasteiger partial charge is 0.271 e. The van der Waals surface area contributed by atoms with E-state index in [2.05, 4.69) is 20.8 Å². The summed E-state index contributed by atoms with van der Waals surface area (Å²) in [4.78, 5) is 27.7. The van der Waals surface area contributed by atoms with Crippen molar-refractivity contribution in [3.63, 3.8) is 0 Å². The minimum Gasteiger partial charge on any atom is -0.399 e. The number of hydrogen-bond acceptors (Lipinski definition) is 5. The molecule has 0 bridgehead atoms. The van der Waals surface area contributed by atoms with Crippen LogP contribution >= 0.6 is 11.6 Å². The third-order valence-corrected chi connectivity index (χ3v) is 3.16. The quantitative estimate of drug-likeness (QED) is 0.439. The molecule has 0 atom stereocenters. The van der Waals surface area contributed by atoms with Crippen molar-refractivity contribution in [3.8, 4) is 0 Å². The molecule has 1 aromatic carbocycles. The maximum absolute atomic E-state index is 11.9. The maximum Gasteiger partial charge on any atom is 0.271 e. The van der Waals surface area contributed by atoms with Crippen LogP contribution in [-0.4, -0.2) is 22.5 Å². The summed E-state index contributed by atoms with van der Waals surface area (Å²) in [5.74, 6) is -0.287. The molecule has 0 aliphatic rings.